The molecular formula is C86H58N8O3. The minimum atomic E-state index is -1.24. The Morgan fingerprint density at radius 1 is 0.320 bits per heavy atom. The van der Waals surface area contributed by atoms with Crippen molar-refractivity contribution in [3.05, 3.63) is 326 Å². The number of hydrogen-bond donors (Lipinski definition) is 3. The molecule has 0 fully saturated rings. The highest BCUT2D eigenvalue weighted by Crippen LogP contribution is 2.49. The zero-order chi connectivity index (χ0) is 64.2. The minimum Gasteiger partial charge on any atom is -0.657 e. The number of benzene rings is 8. The Morgan fingerprint density at radius 2 is 0.660 bits per heavy atom. The molecule has 460 valence electrons. The fraction of sp³-hybridized carbons (Fsp3) is 0.0233. The molecule has 15 aromatic rings. The van der Waals surface area contributed by atoms with Crippen molar-refractivity contribution < 1.29 is 19.2 Å². The van der Waals surface area contributed by atoms with Gasteiger partial charge in [-0.05, 0) is 111 Å². The fourth-order valence-electron chi connectivity index (χ4n) is 13.9. The number of ether oxygens (including phenoxy) is 3. The van der Waals surface area contributed by atoms with E-state index in [2.05, 4.69) is 238 Å². The molecule has 2 atom stereocenters. The van der Waals surface area contributed by atoms with E-state index in [1.165, 1.54) is 0 Å². The van der Waals surface area contributed by atoms with Gasteiger partial charge in [0.1, 0.15) is 16.9 Å². The van der Waals surface area contributed by atoms with Crippen LogP contribution in [0.2, 0.25) is 0 Å². The Labute approximate surface area is 557 Å². The van der Waals surface area contributed by atoms with Crippen molar-refractivity contribution in [3.8, 4) is 101 Å². The van der Waals surface area contributed by atoms with E-state index in [9.17, 15) is 0 Å². The molecule has 11 nitrogen and oxygen atoms in total. The highest BCUT2D eigenvalue weighted by atomic mass is 16.8. The predicted molar refractivity (Wildman–Crippen MR) is 389 cm³/mol. The van der Waals surface area contributed by atoms with Crippen molar-refractivity contribution in [1.82, 2.24) is 34.9 Å². The second-order valence-corrected chi connectivity index (χ2v) is 24.1. The van der Waals surface area contributed by atoms with E-state index in [1.54, 1.807) is 0 Å². The lowest BCUT2D eigenvalue weighted by molar-refractivity contribution is -0.378. The van der Waals surface area contributed by atoms with Crippen molar-refractivity contribution in [2.24, 2.45) is 0 Å². The van der Waals surface area contributed by atoms with Crippen molar-refractivity contribution >= 4 is 67.3 Å². The Kier molecular flexibility index (Phi) is 14.1. The lowest BCUT2D eigenvalue weighted by Gasteiger charge is -2.20. The molecule has 0 saturated heterocycles. The Bertz CT molecular complexity index is 5840. The van der Waals surface area contributed by atoms with Gasteiger partial charge in [0.2, 0.25) is 35.7 Å². The molecule has 7 aromatic heterocycles. The smallest absolute Gasteiger partial charge is 0.250 e. The molecule has 97 heavy (non-hydrogen) atoms. The largest absolute Gasteiger partial charge is 0.657 e. The number of aromatic amines is 4. The quantitative estimate of drug-likeness (QED) is 0.116. The summed E-state index contributed by atoms with van der Waals surface area (Å²) < 4.78 is 22.9. The first-order valence-electron chi connectivity index (χ1n) is 32.5. The van der Waals surface area contributed by atoms with Gasteiger partial charge in [-0.2, -0.15) is 0 Å². The molecule has 18 rings (SSSR count). The zero-order valence-corrected chi connectivity index (χ0v) is 52.2. The first kappa shape index (κ1) is 56.8. The molecule has 10 heterocycles. The van der Waals surface area contributed by atoms with E-state index in [0.29, 0.717) is 23.1 Å². The van der Waals surface area contributed by atoms with Crippen molar-refractivity contribution in [1.29, 1.82) is 0 Å². The molecule has 11 heteroatoms. The standard InChI is InChI=1S/C86H57N8O3/c1-9-25-53(26-10-1)73-61-41-43-63(87-61)75(55-29-13-3-14-30-55)67-47-51-71(91-67)79(59-37-21-7-22-38-59)83-93-81(77(57-33-17-5-18-34-57)69-49-45-65(73)89-69)85(95-83)97-86-82-78(58-35-19-6-20-36-58)70-50-46-66(90-70)74(54-27-11-2-12-28-54)62-42-44-64(88-62)76(56-31-15-4-16-32-56)68-48-52-72(92-68)80(84(94-82)96-86)60-39-23-8-24-40-60/h1-52,85-86,89,91-92H/q-1/p+1/t85-,86-/m1/s1. The van der Waals surface area contributed by atoms with Gasteiger partial charge in [-0.1, -0.05) is 230 Å². The number of nitrogens with one attached hydrogen (secondary N) is 4. The van der Waals surface area contributed by atoms with E-state index in [4.69, 9.17) is 34.1 Å². The van der Waals surface area contributed by atoms with Crippen LogP contribution >= 0.6 is 0 Å². The van der Waals surface area contributed by atoms with E-state index in [1.807, 2.05) is 97.1 Å². The first-order chi connectivity index (χ1) is 48.1. The molecule has 0 saturated carbocycles. The van der Waals surface area contributed by atoms with Crippen LogP contribution in [0.3, 0.4) is 0 Å². The normalized spacial score (nSPS) is 13.7. The van der Waals surface area contributed by atoms with Crippen LogP contribution in [0.1, 0.15) is 35.4 Å². The predicted octanol–water partition coefficient (Wildman–Crippen LogP) is 20.5. The lowest BCUT2D eigenvalue weighted by Crippen LogP contribution is -2.17. The lowest BCUT2D eigenvalue weighted by atomic mass is 10.0. The van der Waals surface area contributed by atoms with Crippen molar-refractivity contribution in [3.63, 3.8) is 0 Å². The Balaban J connectivity index is 0.944. The number of nitrogens with zero attached hydrogens (tertiary/aromatic N) is 4. The zero-order valence-electron chi connectivity index (χ0n) is 52.2. The van der Waals surface area contributed by atoms with Crippen LogP contribution < -0.4 is 24.4 Å². The average Bonchev–Trinajstić information content (AvgIpc) is 1.61. The molecule has 0 aliphatic carbocycles. The van der Waals surface area contributed by atoms with E-state index >= 15 is 0 Å². The van der Waals surface area contributed by atoms with Gasteiger partial charge < -0.3 is 34.4 Å². The summed E-state index contributed by atoms with van der Waals surface area (Å²) in [5.74, 6) is 0.667. The van der Waals surface area contributed by atoms with E-state index < -0.39 is 12.6 Å². The maximum absolute atomic E-state index is 7.80. The maximum atomic E-state index is 7.80. The second-order valence-electron chi connectivity index (χ2n) is 24.1. The number of H-pyrrole nitrogens is 4. The van der Waals surface area contributed by atoms with E-state index in [-0.39, 0.29) is 0 Å². The van der Waals surface area contributed by atoms with Crippen LogP contribution in [0.15, 0.2) is 303 Å². The van der Waals surface area contributed by atoms with Gasteiger partial charge in [0.05, 0.1) is 44.4 Å². The summed E-state index contributed by atoms with van der Waals surface area (Å²) >= 11 is 0. The summed E-state index contributed by atoms with van der Waals surface area (Å²) in [6.45, 7) is 0. The minimum absolute atomic E-state index is 0.333. The van der Waals surface area contributed by atoms with Gasteiger partial charge in [-0.3, -0.25) is 4.74 Å². The molecule has 0 spiro atoms. The average molecular weight is 1250 g/mol. The molecule has 3 aliphatic heterocycles. The van der Waals surface area contributed by atoms with Crippen molar-refractivity contribution in [2.75, 3.05) is 0 Å². The van der Waals surface area contributed by atoms with Gasteiger partial charge in [-0.15, -0.1) is 16.6 Å². The van der Waals surface area contributed by atoms with Crippen LogP contribution in [0.4, 0.5) is 0 Å². The summed E-state index contributed by atoms with van der Waals surface area (Å²) in [5.41, 5.74) is 25.0. The number of hydrogen-bond acceptors (Lipinski definition) is 5. The Hall–Kier alpha value is -13.0. The molecule has 4 N–H and O–H groups in total. The third-order valence-corrected chi connectivity index (χ3v) is 18.2. The maximum Gasteiger partial charge on any atom is 0.250 e. The van der Waals surface area contributed by atoms with Crippen LogP contribution in [0.5, 0.6) is 11.8 Å². The number of fused-ring (bicyclic) bond motifs is 16. The number of aromatic nitrogens is 8. The van der Waals surface area contributed by atoms with Crippen molar-refractivity contribution in [2.45, 2.75) is 12.6 Å². The SMILES string of the molecule is C1=Cc2[nH+]c1c(-c1ccccc1)c1nc(c(-c3ccccc3)c3ccc([nH]3)c(-c3ccccc3)c3ccc([n-]3)c2-c2ccccc2)O[C@@H]1O[C@H]1Oc2nc1c(-c1ccccc1)c1ccc([nH]1)[c+](-c1ccccc1)c1ccc([n-]1)c(-c1ccccc1)c1ccc([nH]1)c2-c1ccccc1. The second kappa shape index (κ2) is 24.2. The topological polar surface area (TPSA) is 143 Å². The summed E-state index contributed by atoms with van der Waals surface area (Å²) in [6.07, 6.45) is 1.77. The molecule has 0 amide bonds. The van der Waals surface area contributed by atoms with Gasteiger partial charge in [0.15, 0.2) is 0 Å². The third-order valence-electron chi connectivity index (χ3n) is 18.2. The molecular weight excluding hydrogens is 1190 g/mol. The van der Waals surface area contributed by atoms with Gasteiger partial charge in [0.25, 0.3) is 0 Å². The summed E-state index contributed by atoms with van der Waals surface area (Å²) in [7, 11) is 0. The van der Waals surface area contributed by atoms with E-state index in [0.717, 1.165) is 156 Å². The van der Waals surface area contributed by atoms with Crippen LogP contribution in [-0.4, -0.2) is 24.9 Å². The molecule has 0 radical (unpaired) electrons. The van der Waals surface area contributed by atoms with Gasteiger partial charge in [-0.25, -0.2) is 15.0 Å². The van der Waals surface area contributed by atoms with Gasteiger partial charge in [0, 0.05) is 52.5 Å². The molecule has 3 aliphatic rings. The van der Waals surface area contributed by atoms with Crippen LogP contribution in [0.25, 0.3) is 156 Å². The summed E-state index contributed by atoms with van der Waals surface area (Å²) in [5, 5.41) is 0. The summed E-state index contributed by atoms with van der Waals surface area (Å²) in [6, 6.07) is 104. The fourth-order valence-corrected chi connectivity index (χ4v) is 13.9. The van der Waals surface area contributed by atoms with Crippen LogP contribution in [-0.2, 0) is 4.74 Å². The molecule has 8 aromatic carbocycles. The summed E-state index contributed by atoms with van der Waals surface area (Å²) in [4.78, 5) is 38.2. The van der Waals surface area contributed by atoms with Gasteiger partial charge >= 0.3 is 0 Å². The molecule has 0 unspecified atom stereocenters. The third kappa shape index (κ3) is 10.4. The molecule has 16 bridgehead atoms. The monoisotopic (exact) mass is 1250 g/mol. The van der Waals surface area contributed by atoms with Crippen LogP contribution in [0, 0.1) is 0 Å². The Morgan fingerprint density at radius 3 is 1.13 bits per heavy atom. The highest BCUT2D eigenvalue weighted by Gasteiger charge is 2.39. The first-order valence-corrected chi connectivity index (χ1v) is 32.5. The highest BCUT2D eigenvalue weighted by molar-refractivity contribution is 6.01. The number of rotatable bonds is 10.